The molecule has 3 N–H and O–H groups in total. The summed E-state index contributed by atoms with van der Waals surface area (Å²) in [5, 5.41) is 17.1. The van der Waals surface area contributed by atoms with Crippen molar-refractivity contribution in [1.29, 1.82) is 0 Å². The first-order valence-corrected chi connectivity index (χ1v) is 9.81. The van der Waals surface area contributed by atoms with E-state index in [2.05, 4.69) is 25.6 Å². The SMILES string of the molecule is CC.C[C@H](O)CNC(=O)c1nc(N[C@@H](C)c2ccccn2)nc2ccsc12. The van der Waals surface area contributed by atoms with Gasteiger partial charge in [-0.1, -0.05) is 19.9 Å². The first kappa shape index (κ1) is 20.7. The van der Waals surface area contributed by atoms with Crippen LogP contribution in [0.3, 0.4) is 0 Å². The first-order valence-electron chi connectivity index (χ1n) is 8.93. The van der Waals surface area contributed by atoms with E-state index < -0.39 is 6.10 Å². The molecule has 3 aromatic heterocycles. The summed E-state index contributed by atoms with van der Waals surface area (Å²) in [4.78, 5) is 25.6. The zero-order chi connectivity index (χ0) is 19.8. The van der Waals surface area contributed by atoms with Gasteiger partial charge in [-0.25, -0.2) is 9.97 Å². The van der Waals surface area contributed by atoms with E-state index in [9.17, 15) is 9.90 Å². The van der Waals surface area contributed by atoms with E-state index in [1.807, 2.05) is 50.4 Å². The van der Waals surface area contributed by atoms with Gasteiger partial charge in [-0.2, -0.15) is 0 Å². The van der Waals surface area contributed by atoms with Crippen molar-refractivity contribution in [2.75, 3.05) is 11.9 Å². The molecule has 0 spiro atoms. The molecule has 0 radical (unpaired) electrons. The number of anilines is 1. The molecular formula is C19H25N5O2S. The van der Waals surface area contributed by atoms with Gasteiger partial charge in [-0.15, -0.1) is 11.3 Å². The summed E-state index contributed by atoms with van der Waals surface area (Å²) in [7, 11) is 0. The summed E-state index contributed by atoms with van der Waals surface area (Å²) < 4.78 is 0.721. The minimum absolute atomic E-state index is 0.106. The van der Waals surface area contributed by atoms with E-state index in [4.69, 9.17) is 0 Å². The second-order valence-electron chi connectivity index (χ2n) is 5.71. The van der Waals surface area contributed by atoms with Gasteiger partial charge in [-0.3, -0.25) is 9.78 Å². The van der Waals surface area contributed by atoms with E-state index in [0.29, 0.717) is 17.2 Å². The molecule has 0 saturated heterocycles. The molecule has 0 aliphatic heterocycles. The molecule has 27 heavy (non-hydrogen) atoms. The molecule has 3 aromatic rings. The molecule has 8 heteroatoms. The van der Waals surface area contributed by atoms with Crippen LogP contribution in [0.1, 0.15) is 49.9 Å². The number of thiophene rings is 1. The number of fused-ring (bicyclic) bond motifs is 1. The summed E-state index contributed by atoms with van der Waals surface area (Å²) in [5.41, 5.74) is 1.87. The molecule has 0 bridgehead atoms. The van der Waals surface area contributed by atoms with Crippen molar-refractivity contribution in [3.63, 3.8) is 0 Å². The van der Waals surface area contributed by atoms with E-state index in [1.165, 1.54) is 11.3 Å². The molecule has 0 unspecified atom stereocenters. The Hall–Kier alpha value is -2.58. The van der Waals surface area contributed by atoms with E-state index in [1.54, 1.807) is 13.1 Å². The molecular weight excluding hydrogens is 362 g/mol. The first-order chi connectivity index (χ1) is 13.0. The third kappa shape index (κ3) is 5.45. The summed E-state index contributed by atoms with van der Waals surface area (Å²) in [6, 6.07) is 7.43. The second kappa shape index (κ2) is 9.94. The van der Waals surface area contributed by atoms with Gasteiger partial charge in [0.1, 0.15) is 0 Å². The van der Waals surface area contributed by atoms with Crippen molar-refractivity contribution in [3.8, 4) is 0 Å². The summed E-state index contributed by atoms with van der Waals surface area (Å²) in [5.74, 6) is 0.0375. The number of pyridine rings is 1. The Balaban J connectivity index is 0.00000126. The van der Waals surface area contributed by atoms with E-state index >= 15 is 0 Å². The van der Waals surface area contributed by atoms with Gasteiger partial charge in [-0.05, 0) is 37.4 Å². The number of carbonyl (C=O) groups excluding carboxylic acids is 1. The zero-order valence-corrected chi connectivity index (χ0v) is 16.7. The average molecular weight is 388 g/mol. The van der Waals surface area contributed by atoms with Crippen LogP contribution in [-0.4, -0.2) is 38.6 Å². The Kier molecular flexibility index (Phi) is 7.63. The molecule has 3 rings (SSSR count). The molecule has 3 heterocycles. The molecule has 144 valence electrons. The highest BCUT2D eigenvalue weighted by Crippen LogP contribution is 2.25. The monoisotopic (exact) mass is 387 g/mol. The number of amides is 1. The number of rotatable bonds is 6. The Morgan fingerprint density at radius 1 is 1.22 bits per heavy atom. The quantitative estimate of drug-likeness (QED) is 0.599. The highest BCUT2D eigenvalue weighted by atomic mass is 32.1. The number of carbonyl (C=O) groups is 1. The summed E-state index contributed by atoms with van der Waals surface area (Å²) in [6.07, 6.45) is 1.11. The van der Waals surface area contributed by atoms with Gasteiger partial charge in [0.05, 0.1) is 28.1 Å². The average Bonchev–Trinajstić information content (AvgIpc) is 3.16. The van der Waals surface area contributed by atoms with Crippen LogP contribution in [0.4, 0.5) is 5.95 Å². The third-order valence-electron chi connectivity index (χ3n) is 3.55. The van der Waals surface area contributed by atoms with Crippen LogP contribution in [0.25, 0.3) is 10.2 Å². The highest BCUT2D eigenvalue weighted by molar-refractivity contribution is 7.17. The number of aliphatic hydroxyl groups is 1. The number of hydrogen-bond donors (Lipinski definition) is 3. The van der Waals surface area contributed by atoms with Crippen LogP contribution >= 0.6 is 11.3 Å². The number of aromatic nitrogens is 3. The van der Waals surface area contributed by atoms with Crippen molar-refractivity contribution in [3.05, 3.63) is 47.2 Å². The fourth-order valence-electron chi connectivity index (χ4n) is 2.31. The van der Waals surface area contributed by atoms with Crippen LogP contribution < -0.4 is 10.6 Å². The lowest BCUT2D eigenvalue weighted by Crippen LogP contribution is -2.31. The fraction of sp³-hybridized carbons (Fsp3) is 0.368. The van der Waals surface area contributed by atoms with Crippen molar-refractivity contribution in [2.24, 2.45) is 0 Å². The number of hydrogen-bond acceptors (Lipinski definition) is 7. The lowest BCUT2D eigenvalue weighted by molar-refractivity contribution is 0.0921. The highest BCUT2D eigenvalue weighted by Gasteiger charge is 2.17. The molecule has 1 amide bonds. The molecule has 0 saturated carbocycles. The molecule has 0 fully saturated rings. The topological polar surface area (TPSA) is 100 Å². The Bertz CT molecular complexity index is 867. The van der Waals surface area contributed by atoms with Crippen LogP contribution in [0.15, 0.2) is 35.8 Å². The number of aliphatic hydroxyl groups excluding tert-OH is 1. The van der Waals surface area contributed by atoms with Crippen LogP contribution in [0, 0.1) is 0 Å². The number of nitrogens with one attached hydrogen (secondary N) is 2. The maximum absolute atomic E-state index is 12.4. The Labute approximate surface area is 162 Å². The van der Waals surface area contributed by atoms with E-state index in [-0.39, 0.29) is 18.5 Å². The van der Waals surface area contributed by atoms with Crippen molar-refractivity contribution >= 4 is 33.4 Å². The minimum Gasteiger partial charge on any atom is -0.392 e. The van der Waals surface area contributed by atoms with Gasteiger partial charge in [0.15, 0.2) is 5.69 Å². The summed E-state index contributed by atoms with van der Waals surface area (Å²) in [6.45, 7) is 7.74. The zero-order valence-electron chi connectivity index (χ0n) is 15.9. The lowest BCUT2D eigenvalue weighted by atomic mass is 10.2. The van der Waals surface area contributed by atoms with Gasteiger partial charge in [0, 0.05) is 12.7 Å². The second-order valence-corrected chi connectivity index (χ2v) is 6.63. The smallest absolute Gasteiger partial charge is 0.271 e. The molecule has 7 nitrogen and oxygen atoms in total. The maximum Gasteiger partial charge on any atom is 0.271 e. The van der Waals surface area contributed by atoms with Crippen molar-refractivity contribution < 1.29 is 9.90 Å². The van der Waals surface area contributed by atoms with Gasteiger partial charge < -0.3 is 15.7 Å². The largest absolute Gasteiger partial charge is 0.392 e. The predicted molar refractivity (Wildman–Crippen MR) is 109 cm³/mol. The predicted octanol–water partition coefficient (Wildman–Crippen LogP) is 3.40. The van der Waals surface area contributed by atoms with Gasteiger partial charge in [0.2, 0.25) is 5.95 Å². The standard InChI is InChI=1S/C17H19N5O2S.C2H6/c1-10(23)9-19-16(24)14-15-13(6-8-25-15)21-17(22-14)20-11(2)12-5-3-4-7-18-12;1-2/h3-8,10-11,23H,9H2,1-2H3,(H,19,24)(H,20,21,22);1-2H3/t10-,11-;/m0./s1. The molecule has 0 aromatic carbocycles. The third-order valence-corrected chi connectivity index (χ3v) is 4.46. The van der Waals surface area contributed by atoms with Crippen LogP contribution in [0.2, 0.25) is 0 Å². The van der Waals surface area contributed by atoms with Crippen molar-refractivity contribution in [1.82, 2.24) is 20.3 Å². The molecule has 2 atom stereocenters. The Morgan fingerprint density at radius 2 is 2.00 bits per heavy atom. The Morgan fingerprint density at radius 3 is 2.67 bits per heavy atom. The van der Waals surface area contributed by atoms with Gasteiger partial charge >= 0.3 is 0 Å². The minimum atomic E-state index is -0.619. The van der Waals surface area contributed by atoms with E-state index in [0.717, 1.165) is 10.4 Å². The normalized spacial score (nSPS) is 12.6. The van der Waals surface area contributed by atoms with Gasteiger partial charge in [0.25, 0.3) is 5.91 Å². The molecule has 0 aliphatic rings. The molecule has 0 aliphatic carbocycles. The van der Waals surface area contributed by atoms with Crippen LogP contribution in [0.5, 0.6) is 0 Å². The van der Waals surface area contributed by atoms with Crippen molar-refractivity contribution in [2.45, 2.75) is 39.8 Å². The number of nitrogens with zero attached hydrogens (tertiary/aromatic N) is 3. The lowest BCUT2D eigenvalue weighted by Gasteiger charge is -2.14. The summed E-state index contributed by atoms with van der Waals surface area (Å²) >= 11 is 1.41. The van der Waals surface area contributed by atoms with Crippen LogP contribution in [-0.2, 0) is 0 Å². The maximum atomic E-state index is 12.4. The fourth-order valence-corrected chi connectivity index (χ4v) is 3.12.